The van der Waals surface area contributed by atoms with Gasteiger partial charge >= 0.3 is 5.97 Å². The topological polar surface area (TPSA) is 63.7 Å². The molecule has 5 nitrogen and oxygen atoms in total. The number of benzene rings is 1. The SMILES string of the molecule is CCCCN1C(=O)c2ccccc2C1(CCC(C)=O)C(=O)OCC. The number of unbranched alkanes of at least 4 members (excludes halogenated alkanes) is 1. The summed E-state index contributed by atoms with van der Waals surface area (Å²) in [6.07, 6.45) is 2.18. The molecule has 1 unspecified atom stereocenters. The monoisotopic (exact) mass is 331 g/mol. The minimum atomic E-state index is -1.19. The molecule has 1 heterocycles. The lowest BCUT2D eigenvalue weighted by Gasteiger charge is -2.37. The van der Waals surface area contributed by atoms with Gasteiger partial charge in [-0.3, -0.25) is 4.79 Å². The first-order valence-electron chi connectivity index (χ1n) is 8.57. The lowest BCUT2D eigenvalue weighted by molar-refractivity contribution is -0.157. The van der Waals surface area contributed by atoms with Crippen LogP contribution < -0.4 is 0 Å². The molecule has 1 atom stereocenters. The standard InChI is InChI=1S/C19H25NO4/c1-4-6-13-20-17(22)15-9-7-8-10-16(15)19(20,12-11-14(3)21)18(23)24-5-2/h7-10H,4-6,11-13H2,1-3H3. The Morgan fingerprint density at radius 2 is 1.92 bits per heavy atom. The number of amides is 1. The third-order valence-electron chi connectivity index (χ3n) is 4.50. The van der Waals surface area contributed by atoms with Gasteiger partial charge in [-0.2, -0.15) is 0 Å². The van der Waals surface area contributed by atoms with E-state index >= 15 is 0 Å². The van der Waals surface area contributed by atoms with E-state index in [1.807, 2.05) is 13.0 Å². The summed E-state index contributed by atoms with van der Waals surface area (Å²) in [4.78, 5) is 39.0. The average Bonchev–Trinajstić information content (AvgIpc) is 2.81. The Bertz CT molecular complexity index is 640. The first-order chi connectivity index (χ1) is 11.5. The quantitative estimate of drug-likeness (QED) is 0.687. The van der Waals surface area contributed by atoms with E-state index < -0.39 is 11.5 Å². The van der Waals surface area contributed by atoms with E-state index in [0.717, 1.165) is 12.8 Å². The second kappa shape index (κ2) is 7.60. The molecule has 0 spiro atoms. The van der Waals surface area contributed by atoms with Crippen molar-refractivity contribution in [3.63, 3.8) is 0 Å². The van der Waals surface area contributed by atoms with Gasteiger partial charge in [-0.05, 0) is 32.8 Å². The van der Waals surface area contributed by atoms with Crippen LogP contribution in [0.1, 0.15) is 62.4 Å². The number of fused-ring (bicyclic) bond motifs is 1. The third kappa shape index (κ3) is 3.07. The highest BCUT2D eigenvalue weighted by atomic mass is 16.5. The average molecular weight is 331 g/mol. The van der Waals surface area contributed by atoms with Crippen molar-refractivity contribution < 1.29 is 19.1 Å². The molecule has 1 amide bonds. The second-order valence-corrected chi connectivity index (χ2v) is 6.14. The first kappa shape index (κ1) is 18.2. The molecule has 0 fully saturated rings. The summed E-state index contributed by atoms with van der Waals surface area (Å²) >= 11 is 0. The lowest BCUT2D eigenvalue weighted by Crippen LogP contribution is -2.51. The van der Waals surface area contributed by atoms with Crippen LogP contribution in [0.5, 0.6) is 0 Å². The summed E-state index contributed by atoms with van der Waals surface area (Å²) in [5, 5.41) is 0. The smallest absolute Gasteiger partial charge is 0.336 e. The van der Waals surface area contributed by atoms with E-state index in [9.17, 15) is 14.4 Å². The van der Waals surface area contributed by atoms with Gasteiger partial charge in [0, 0.05) is 24.1 Å². The van der Waals surface area contributed by atoms with E-state index in [-0.39, 0.29) is 31.1 Å². The Hall–Kier alpha value is -2.17. The predicted molar refractivity (Wildman–Crippen MR) is 90.6 cm³/mol. The van der Waals surface area contributed by atoms with Crippen molar-refractivity contribution in [3.05, 3.63) is 35.4 Å². The minimum Gasteiger partial charge on any atom is -0.464 e. The normalized spacial score (nSPS) is 19.3. The Labute approximate surface area is 143 Å². The largest absolute Gasteiger partial charge is 0.464 e. The zero-order valence-corrected chi connectivity index (χ0v) is 14.6. The molecule has 5 heteroatoms. The molecule has 130 valence electrons. The molecular weight excluding hydrogens is 306 g/mol. The van der Waals surface area contributed by atoms with E-state index in [1.54, 1.807) is 30.0 Å². The van der Waals surface area contributed by atoms with Gasteiger partial charge in [-0.25, -0.2) is 4.79 Å². The molecule has 0 bridgehead atoms. The fraction of sp³-hybridized carbons (Fsp3) is 0.526. The summed E-state index contributed by atoms with van der Waals surface area (Å²) < 4.78 is 5.33. The predicted octanol–water partition coefficient (Wildman–Crippen LogP) is 3.07. The van der Waals surface area contributed by atoms with Crippen LogP contribution in [0.3, 0.4) is 0 Å². The molecule has 1 aliphatic rings. The van der Waals surface area contributed by atoms with Gasteiger partial charge in [0.2, 0.25) is 0 Å². The summed E-state index contributed by atoms with van der Waals surface area (Å²) in [6, 6.07) is 7.15. The molecule has 0 aromatic heterocycles. The number of rotatable bonds is 8. The summed E-state index contributed by atoms with van der Waals surface area (Å²) in [6.45, 7) is 5.99. The van der Waals surface area contributed by atoms with Crippen LogP contribution in [0.25, 0.3) is 0 Å². The van der Waals surface area contributed by atoms with Crippen LogP contribution in [0.2, 0.25) is 0 Å². The van der Waals surface area contributed by atoms with Crippen molar-refractivity contribution in [3.8, 4) is 0 Å². The van der Waals surface area contributed by atoms with E-state index in [1.165, 1.54) is 6.92 Å². The van der Waals surface area contributed by atoms with E-state index in [4.69, 9.17) is 4.74 Å². The molecule has 0 saturated carbocycles. The zero-order chi connectivity index (χ0) is 17.7. The van der Waals surface area contributed by atoms with Crippen molar-refractivity contribution in [1.29, 1.82) is 0 Å². The van der Waals surface area contributed by atoms with Gasteiger partial charge in [-0.1, -0.05) is 31.5 Å². The Balaban J connectivity index is 2.57. The summed E-state index contributed by atoms with van der Waals surface area (Å²) in [7, 11) is 0. The molecule has 24 heavy (non-hydrogen) atoms. The Morgan fingerprint density at radius 1 is 1.21 bits per heavy atom. The molecule has 1 aromatic rings. The minimum absolute atomic E-state index is 0.00838. The highest BCUT2D eigenvalue weighted by Crippen LogP contribution is 2.43. The maximum absolute atomic E-state index is 12.9. The second-order valence-electron chi connectivity index (χ2n) is 6.14. The number of carbonyl (C=O) groups is 3. The molecule has 1 aromatic carbocycles. The third-order valence-corrected chi connectivity index (χ3v) is 4.50. The molecule has 1 aliphatic heterocycles. The first-order valence-corrected chi connectivity index (χ1v) is 8.57. The van der Waals surface area contributed by atoms with Crippen molar-refractivity contribution in [1.82, 2.24) is 4.90 Å². The maximum atomic E-state index is 12.9. The molecule has 0 N–H and O–H groups in total. The molecule has 0 aliphatic carbocycles. The van der Waals surface area contributed by atoms with Crippen LogP contribution in [0, 0.1) is 0 Å². The van der Waals surface area contributed by atoms with Crippen LogP contribution in [0.15, 0.2) is 24.3 Å². The van der Waals surface area contributed by atoms with Crippen molar-refractivity contribution >= 4 is 17.7 Å². The summed E-state index contributed by atoms with van der Waals surface area (Å²) in [5.41, 5.74) is 0.000797. The lowest BCUT2D eigenvalue weighted by atomic mass is 9.84. The Morgan fingerprint density at radius 3 is 2.54 bits per heavy atom. The van der Waals surface area contributed by atoms with E-state index in [2.05, 4.69) is 0 Å². The van der Waals surface area contributed by atoms with Gasteiger partial charge in [0.25, 0.3) is 5.91 Å². The van der Waals surface area contributed by atoms with E-state index in [0.29, 0.717) is 17.7 Å². The summed E-state index contributed by atoms with van der Waals surface area (Å²) in [5.74, 6) is -0.609. The van der Waals surface area contributed by atoms with Crippen LogP contribution >= 0.6 is 0 Å². The van der Waals surface area contributed by atoms with Crippen molar-refractivity contribution in [2.24, 2.45) is 0 Å². The van der Waals surface area contributed by atoms with Gasteiger partial charge in [0.15, 0.2) is 5.54 Å². The molecule has 2 rings (SSSR count). The highest BCUT2D eigenvalue weighted by molar-refractivity contribution is 6.06. The number of Topliss-reactive ketones (excluding diaryl/α,β-unsaturated/α-hetero) is 1. The molecular formula is C19H25NO4. The fourth-order valence-corrected chi connectivity index (χ4v) is 3.30. The number of hydrogen-bond acceptors (Lipinski definition) is 4. The maximum Gasteiger partial charge on any atom is 0.336 e. The highest BCUT2D eigenvalue weighted by Gasteiger charge is 2.55. The van der Waals surface area contributed by atoms with Crippen molar-refractivity contribution in [2.75, 3.05) is 13.2 Å². The van der Waals surface area contributed by atoms with Gasteiger partial charge in [-0.15, -0.1) is 0 Å². The fourth-order valence-electron chi connectivity index (χ4n) is 3.30. The van der Waals surface area contributed by atoms with Crippen LogP contribution in [-0.2, 0) is 19.9 Å². The number of hydrogen-bond donors (Lipinski definition) is 0. The van der Waals surface area contributed by atoms with Gasteiger partial charge in [0.1, 0.15) is 5.78 Å². The number of ketones is 1. The van der Waals surface area contributed by atoms with Crippen LogP contribution in [-0.4, -0.2) is 35.7 Å². The molecule has 0 saturated heterocycles. The van der Waals surface area contributed by atoms with Gasteiger partial charge in [0.05, 0.1) is 6.61 Å². The number of carbonyl (C=O) groups excluding carboxylic acids is 3. The Kier molecular flexibility index (Phi) is 5.75. The van der Waals surface area contributed by atoms with Gasteiger partial charge < -0.3 is 14.4 Å². The van der Waals surface area contributed by atoms with Crippen molar-refractivity contribution in [2.45, 2.75) is 52.0 Å². The van der Waals surface area contributed by atoms with Crippen LogP contribution in [0.4, 0.5) is 0 Å². The number of nitrogens with zero attached hydrogens (tertiary/aromatic N) is 1. The molecule has 0 radical (unpaired) electrons. The zero-order valence-electron chi connectivity index (χ0n) is 14.6. The number of esters is 1. The number of ether oxygens (including phenoxy) is 1.